The van der Waals surface area contributed by atoms with Crippen molar-refractivity contribution in [3.8, 4) is 11.4 Å². The van der Waals surface area contributed by atoms with Gasteiger partial charge in [-0.05, 0) is 61.6 Å². The second kappa shape index (κ2) is 12.5. The summed E-state index contributed by atoms with van der Waals surface area (Å²) in [5, 5.41) is 11.2. The molecule has 1 aliphatic carbocycles. The molecule has 3 aromatic rings. The van der Waals surface area contributed by atoms with Crippen molar-refractivity contribution in [3.05, 3.63) is 52.3 Å². The lowest BCUT2D eigenvalue weighted by Gasteiger charge is -2.31. The monoisotopic (exact) mass is 599 g/mol. The standard InChI is InChI=1S/C29H38ClN7O3S/c1-4-19-8-6-9-20(5-2)24(19)33-28(38)26-23-11-10-21-18-31-29(34-25(21)27(23)36(3)35-26)32-22-12-15-37(16-13-22)41(39,40)17-7-14-30/h6,8-9,18,22H,4-5,7,10-17H2,1-3H3,(H,33,38)(H,31,32,34). The first-order chi connectivity index (χ1) is 19.7. The Morgan fingerprint density at radius 2 is 1.83 bits per heavy atom. The molecule has 2 N–H and O–H groups in total. The molecule has 0 bridgehead atoms. The Morgan fingerprint density at radius 1 is 1.12 bits per heavy atom. The molecule has 0 saturated carbocycles. The van der Waals surface area contributed by atoms with Crippen molar-refractivity contribution >= 4 is 39.2 Å². The van der Waals surface area contributed by atoms with Crippen LogP contribution in [0.1, 0.15) is 65.9 Å². The zero-order valence-electron chi connectivity index (χ0n) is 23.9. The number of piperidine rings is 1. The van der Waals surface area contributed by atoms with Crippen LogP contribution in [0.25, 0.3) is 11.4 Å². The largest absolute Gasteiger partial charge is 0.351 e. The van der Waals surface area contributed by atoms with Crippen LogP contribution in [0.5, 0.6) is 0 Å². The van der Waals surface area contributed by atoms with Gasteiger partial charge in [-0.3, -0.25) is 9.48 Å². The number of aromatic nitrogens is 4. The van der Waals surface area contributed by atoms with Crippen LogP contribution >= 0.6 is 11.6 Å². The third kappa shape index (κ3) is 6.12. The van der Waals surface area contributed by atoms with E-state index < -0.39 is 10.0 Å². The summed E-state index contributed by atoms with van der Waals surface area (Å²) in [4.78, 5) is 23.0. The van der Waals surface area contributed by atoms with Gasteiger partial charge in [-0.15, -0.1) is 11.6 Å². The highest BCUT2D eigenvalue weighted by Gasteiger charge is 2.31. The number of para-hydroxylation sites is 1. The topological polar surface area (TPSA) is 122 Å². The highest BCUT2D eigenvalue weighted by Crippen LogP contribution is 2.35. The van der Waals surface area contributed by atoms with Crippen molar-refractivity contribution in [1.82, 2.24) is 24.1 Å². The minimum absolute atomic E-state index is 0.0647. The Hall–Kier alpha value is -3.02. The molecule has 1 saturated heterocycles. The number of amides is 1. The van der Waals surface area contributed by atoms with Crippen molar-refractivity contribution in [3.63, 3.8) is 0 Å². The van der Waals surface area contributed by atoms with E-state index in [-0.39, 0.29) is 17.7 Å². The zero-order valence-corrected chi connectivity index (χ0v) is 25.5. The second-order valence-electron chi connectivity index (χ2n) is 10.7. The smallest absolute Gasteiger partial charge is 0.276 e. The van der Waals surface area contributed by atoms with Crippen LogP contribution in [0.4, 0.5) is 11.6 Å². The molecule has 1 amide bonds. The SMILES string of the molecule is CCc1cccc(CC)c1NC(=O)c1nn(C)c2c1CCc1cnc(NC3CCN(S(=O)(=O)CCCCl)CC3)nc1-2. The average molecular weight is 600 g/mol. The van der Waals surface area contributed by atoms with Crippen molar-refractivity contribution < 1.29 is 13.2 Å². The van der Waals surface area contributed by atoms with E-state index in [1.165, 1.54) is 0 Å². The van der Waals surface area contributed by atoms with Gasteiger partial charge in [-0.25, -0.2) is 22.7 Å². The number of nitrogens with one attached hydrogen (secondary N) is 2. The number of rotatable bonds is 10. The minimum Gasteiger partial charge on any atom is -0.351 e. The summed E-state index contributed by atoms with van der Waals surface area (Å²) in [5.41, 5.74) is 7.04. The number of hydrogen-bond acceptors (Lipinski definition) is 7. The lowest BCUT2D eigenvalue weighted by molar-refractivity contribution is 0.102. The summed E-state index contributed by atoms with van der Waals surface area (Å²) in [6, 6.07) is 6.20. The van der Waals surface area contributed by atoms with E-state index in [0.717, 1.165) is 58.6 Å². The summed E-state index contributed by atoms with van der Waals surface area (Å²) >= 11 is 5.69. The number of sulfonamides is 1. The van der Waals surface area contributed by atoms with Crippen LogP contribution in [0, 0.1) is 0 Å². The fourth-order valence-electron chi connectivity index (χ4n) is 5.81. The van der Waals surface area contributed by atoms with E-state index in [1.807, 2.05) is 19.3 Å². The molecule has 2 aromatic heterocycles. The molecular weight excluding hydrogens is 562 g/mol. The number of fused-ring (bicyclic) bond motifs is 3. The van der Waals surface area contributed by atoms with Crippen LogP contribution in [0.15, 0.2) is 24.4 Å². The van der Waals surface area contributed by atoms with Gasteiger partial charge in [0.1, 0.15) is 0 Å². The molecule has 0 spiro atoms. The van der Waals surface area contributed by atoms with Crippen LogP contribution in [-0.4, -0.2) is 69.1 Å². The number of halogens is 1. The molecule has 41 heavy (non-hydrogen) atoms. The summed E-state index contributed by atoms with van der Waals surface area (Å²) < 4.78 is 28.3. The molecule has 220 valence electrons. The maximum absolute atomic E-state index is 13.5. The summed E-state index contributed by atoms with van der Waals surface area (Å²) in [7, 11) is -1.43. The van der Waals surface area contributed by atoms with E-state index in [4.69, 9.17) is 16.6 Å². The summed E-state index contributed by atoms with van der Waals surface area (Å²) in [6.07, 6.45) is 6.69. The Bertz CT molecular complexity index is 1510. The van der Waals surface area contributed by atoms with Crippen LogP contribution in [-0.2, 0) is 42.8 Å². The molecule has 0 atom stereocenters. The number of anilines is 2. The van der Waals surface area contributed by atoms with E-state index >= 15 is 0 Å². The molecule has 2 aliphatic rings. The van der Waals surface area contributed by atoms with Gasteiger partial charge < -0.3 is 10.6 Å². The first-order valence-electron chi connectivity index (χ1n) is 14.4. The summed E-state index contributed by atoms with van der Waals surface area (Å²) in [5.74, 6) is 0.711. The fourth-order valence-corrected chi connectivity index (χ4v) is 7.64. The van der Waals surface area contributed by atoms with Gasteiger partial charge in [-0.1, -0.05) is 32.0 Å². The van der Waals surface area contributed by atoms with Gasteiger partial charge in [0.05, 0.1) is 17.1 Å². The quantitative estimate of drug-likeness (QED) is 0.335. The summed E-state index contributed by atoms with van der Waals surface area (Å²) in [6.45, 7) is 5.09. The number of benzene rings is 1. The van der Waals surface area contributed by atoms with Crippen LogP contribution in [0.3, 0.4) is 0 Å². The van der Waals surface area contributed by atoms with Crippen molar-refractivity contribution in [2.24, 2.45) is 7.05 Å². The third-order valence-corrected chi connectivity index (χ3v) is 10.3. The van der Waals surface area contributed by atoms with Crippen molar-refractivity contribution in [1.29, 1.82) is 0 Å². The average Bonchev–Trinajstić information content (AvgIpc) is 3.33. The maximum Gasteiger partial charge on any atom is 0.276 e. The number of aryl methyl sites for hydroxylation is 4. The molecule has 12 heteroatoms. The number of carbonyl (C=O) groups excluding carboxylic acids is 1. The molecular formula is C29H38ClN7O3S. The molecule has 3 heterocycles. The molecule has 10 nitrogen and oxygen atoms in total. The Morgan fingerprint density at radius 3 is 2.49 bits per heavy atom. The Balaban J connectivity index is 1.33. The predicted octanol–water partition coefficient (Wildman–Crippen LogP) is 4.19. The molecule has 0 radical (unpaired) electrons. The van der Waals surface area contributed by atoms with E-state index in [9.17, 15) is 13.2 Å². The molecule has 0 unspecified atom stereocenters. The molecule has 1 aliphatic heterocycles. The van der Waals surface area contributed by atoms with Gasteiger partial charge in [0, 0.05) is 49.5 Å². The third-order valence-electron chi connectivity index (χ3n) is 8.05. The number of alkyl halides is 1. The number of nitrogens with zero attached hydrogens (tertiary/aromatic N) is 5. The Labute approximate surface area is 247 Å². The van der Waals surface area contributed by atoms with Crippen LogP contribution in [0.2, 0.25) is 0 Å². The predicted molar refractivity (Wildman–Crippen MR) is 162 cm³/mol. The fraction of sp³-hybridized carbons (Fsp3) is 0.517. The van der Waals surface area contributed by atoms with Gasteiger partial charge >= 0.3 is 0 Å². The first kappa shape index (κ1) is 29.5. The highest BCUT2D eigenvalue weighted by molar-refractivity contribution is 7.89. The van der Waals surface area contributed by atoms with Gasteiger partial charge in [0.15, 0.2) is 5.69 Å². The van der Waals surface area contributed by atoms with Crippen molar-refractivity contribution in [2.45, 2.75) is 64.8 Å². The van der Waals surface area contributed by atoms with E-state index in [0.29, 0.717) is 56.3 Å². The minimum atomic E-state index is -3.28. The zero-order chi connectivity index (χ0) is 29.1. The lowest BCUT2D eigenvalue weighted by Crippen LogP contribution is -2.43. The molecule has 1 fully saturated rings. The maximum atomic E-state index is 13.5. The number of carbonyl (C=O) groups is 1. The van der Waals surface area contributed by atoms with Gasteiger partial charge in [-0.2, -0.15) is 5.10 Å². The van der Waals surface area contributed by atoms with Crippen molar-refractivity contribution in [2.75, 3.05) is 35.4 Å². The number of hydrogen-bond donors (Lipinski definition) is 2. The van der Waals surface area contributed by atoms with E-state index in [1.54, 1.807) is 8.99 Å². The molecule has 1 aromatic carbocycles. The highest BCUT2D eigenvalue weighted by atomic mass is 35.5. The Kier molecular flexibility index (Phi) is 8.96. The van der Waals surface area contributed by atoms with E-state index in [2.05, 4.69) is 46.7 Å². The lowest BCUT2D eigenvalue weighted by atomic mass is 9.93. The normalized spacial score (nSPS) is 15.8. The van der Waals surface area contributed by atoms with Crippen LogP contribution < -0.4 is 10.6 Å². The first-order valence-corrected chi connectivity index (χ1v) is 16.5. The van der Waals surface area contributed by atoms with Gasteiger partial charge in [0.2, 0.25) is 16.0 Å². The molecule has 5 rings (SSSR count). The second-order valence-corrected chi connectivity index (χ2v) is 13.1. The van der Waals surface area contributed by atoms with Gasteiger partial charge in [0.25, 0.3) is 5.91 Å².